The van der Waals surface area contributed by atoms with Gasteiger partial charge in [0.25, 0.3) is 0 Å². The van der Waals surface area contributed by atoms with Crippen LogP contribution in [0.3, 0.4) is 0 Å². The van der Waals surface area contributed by atoms with Gasteiger partial charge in [0.2, 0.25) is 0 Å². The molecule has 0 spiro atoms. The van der Waals surface area contributed by atoms with Crippen LogP contribution >= 0.6 is 0 Å². The molecule has 2 aliphatic rings. The van der Waals surface area contributed by atoms with E-state index in [4.69, 9.17) is 5.73 Å². The van der Waals surface area contributed by atoms with Crippen molar-refractivity contribution in [3.05, 3.63) is 0 Å². The molecule has 2 aliphatic carbocycles. The zero-order valence-electron chi connectivity index (χ0n) is 5.39. The first-order chi connectivity index (χ1) is 4.21. The first-order valence-corrected chi connectivity index (χ1v) is 3.51. The highest BCUT2D eigenvalue weighted by molar-refractivity contribution is 5.87. The first-order valence-electron chi connectivity index (χ1n) is 3.51. The van der Waals surface area contributed by atoms with Gasteiger partial charge in [-0.1, -0.05) is 0 Å². The van der Waals surface area contributed by atoms with Crippen LogP contribution in [0.5, 0.6) is 0 Å². The van der Waals surface area contributed by atoms with Crippen molar-refractivity contribution in [2.24, 2.45) is 11.7 Å². The lowest BCUT2D eigenvalue weighted by Crippen LogP contribution is -2.54. The summed E-state index contributed by atoms with van der Waals surface area (Å²) in [6.45, 7) is 0. The van der Waals surface area contributed by atoms with Crippen molar-refractivity contribution >= 4 is 5.78 Å². The molecule has 0 atom stereocenters. The minimum absolute atomic E-state index is 0.0446. The van der Waals surface area contributed by atoms with Crippen LogP contribution in [0, 0.1) is 5.92 Å². The predicted octanol–water partition coefficient (Wildman–Crippen LogP) is 0.457. The molecule has 50 valence electrons. The maximum atomic E-state index is 10.6. The first kappa shape index (κ1) is 5.42. The van der Waals surface area contributed by atoms with E-state index in [1.54, 1.807) is 0 Å². The average Bonchev–Trinajstić information content (AvgIpc) is 2.39. The molecule has 2 saturated carbocycles. The summed E-state index contributed by atoms with van der Waals surface area (Å²) in [7, 11) is 0. The summed E-state index contributed by atoms with van der Waals surface area (Å²) in [5.74, 6) is 1.04. The van der Waals surface area contributed by atoms with Crippen LogP contribution in [0.1, 0.15) is 25.7 Å². The minimum Gasteiger partial charge on any atom is -0.324 e. The number of rotatable bonds is 1. The van der Waals surface area contributed by atoms with E-state index >= 15 is 0 Å². The summed E-state index contributed by atoms with van der Waals surface area (Å²) in [5, 5.41) is 0. The van der Waals surface area contributed by atoms with E-state index < -0.39 is 0 Å². The van der Waals surface area contributed by atoms with Crippen molar-refractivity contribution < 1.29 is 4.79 Å². The van der Waals surface area contributed by atoms with Crippen molar-refractivity contribution in [3.63, 3.8) is 0 Å². The van der Waals surface area contributed by atoms with Gasteiger partial charge in [-0.25, -0.2) is 0 Å². The van der Waals surface area contributed by atoms with Crippen LogP contribution in [0.4, 0.5) is 0 Å². The molecule has 0 unspecified atom stereocenters. The highest BCUT2D eigenvalue weighted by Gasteiger charge is 2.50. The van der Waals surface area contributed by atoms with Gasteiger partial charge in [0.15, 0.2) is 0 Å². The largest absolute Gasteiger partial charge is 0.324 e. The van der Waals surface area contributed by atoms with Gasteiger partial charge in [0, 0.05) is 18.4 Å². The normalized spacial score (nSPS) is 31.9. The molecule has 0 heterocycles. The average molecular weight is 125 g/mol. The van der Waals surface area contributed by atoms with Crippen LogP contribution in [0.15, 0.2) is 0 Å². The van der Waals surface area contributed by atoms with Gasteiger partial charge >= 0.3 is 0 Å². The van der Waals surface area contributed by atoms with Crippen LogP contribution in [-0.4, -0.2) is 11.3 Å². The van der Waals surface area contributed by atoms with Crippen molar-refractivity contribution in [2.75, 3.05) is 0 Å². The van der Waals surface area contributed by atoms with Crippen molar-refractivity contribution in [1.82, 2.24) is 0 Å². The van der Waals surface area contributed by atoms with Crippen LogP contribution in [0.2, 0.25) is 0 Å². The maximum absolute atomic E-state index is 10.6. The van der Waals surface area contributed by atoms with E-state index in [0.717, 1.165) is 0 Å². The third kappa shape index (κ3) is 0.697. The number of carbonyl (C=O) groups is 1. The van der Waals surface area contributed by atoms with Crippen LogP contribution in [0.25, 0.3) is 0 Å². The lowest BCUT2D eigenvalue weighted by Gasteiger charge is -2.36. The minimum atomic E-state index is -0.0446. The lowest BCUT2D eigenvalue weighted by molar-refractivity contribution is -0.128. The second-order valence-corrected chi connectivity index (χ2v) is 3.40. The Morgan fingerprint density at radius 3 is 2.33 bits per heavy atom. The second-order valence-electron chi connectivity index (χ2n) is 3.40. The molecule has 2 heteroatoms. The van der Waals surface area contributed by atoms with E-state index in [1.807, 2.05) is 0 Å². The molecule has 2 rings (SSSR count). The Morgan fingerprint density at radius 2 is 2.00 bits per heavy atom. The van der Waals surface area contributed by atoms with Gasteiger partial charge in [-0.2, -0.15) is 0 Å². The van der Waals surface area contributed by atoms with E-state index in [1.165, 1.54) is 12.8 Å². The fraction of sp³-hybridized carbons (Fsp3) is 0.857. The highest BCUT2D eigenvalue weighted by Crippen LogP contribution is 2.46. The Balaban J connectivity index is 2.01. The summed E-state index contributed by atoms with van der Waals surface area (Å²) >= 11 is 0. The van der Waals surface area contributed by atoms with Gasteiger partial charge in [-0.05, 0) is 18.8 Å². The number of nitrogens with two attached hydrogens (primary N) is 1. The Labute approximate surface area is 54.4 Å². The fourth-order valence-corrected chi connectivity index (χ4v) is 1.63. The van der Waals surface area contributed by atoms with Crippen molar-refractivity contribution in [3.8, 4) is 0 Å². The van der Waals surface area contributed by atoms with E-state index in [0.29, 0.717) is 24.5 Å². The molecular weight excluding hydrogens is 114 g/mol. The van der Waals surface area contributed by atoms with Gasteiger partial charge < -0.3 is 5.73 Å². The summed E-state index contributed by atoms with van der Waals surface area (Å²) < 4.78 is 0. The smallest absolute Gasteiger partial charge is 0.136 e. The Kier molecular flexibility index (Phi) is 0.826. The number of Topliss-reactive ketones (excluding diaryl/α,β-unsaturated/α-hetero) is 1. The molecule has 0 radical (unpaired) electrons. The molecule has 0 aromatic rings. The van der Waals surface area contributed by atoms with E-state index in [-0.39, 0.29) is 5.54 Å². The Morgan fingerprint density at radius 1 is 1.44 bits per heavy atom. The highest BCUT2D eigenvalue weighted by atomic mass is 16.1. The molecule has 0 aromatic carbocycles. The number of carbonyl (C=O) groups excluding carboxylic acids is 1. The molecule has 2 nitrogen and oxygen atoms in total. The fourth-order valence-electron chi connectivity index (χ4n) is 1.63. The summed E-state index contributed by atoms with van der Waals surface area (Å²) in [6.07, 6.45) is 3.81. The standard InChI is InChI=1S/C7H11NO/c8-7(5-1-2-5)3-6(9)4-7/h5H,1-4,8H2. The molecule has 2 fully saturated rings. The zero-order valence-corrected chi connectivity index (χ0v) is 5.39. The second kappa shape index (κ2) is 1.37. The molecule has 9 heavy (non-hydrogen) atoms. The maximum Gasteiger partial charge on any atom is 0.136 e. The van der Waals surface area contributed by atoms with Crippen LogP contribution in [-0.2, 0) is 4.79 Å². The van der Waals surface area contributed by atoms with Crippen molar-refractivity contribution in [1.29, 1.82) is 0 Å². The topological polar surface area (TPSA) is 43.1 Å². The summed E-state index contributed by atoms with van der Waals surface area (Å²) in [4.78, 5) is 10.6. The van der Waals surface area contributed by atoms with Gasteiger partial charge in [-0.3, -0.25) is 4.79 Å². The Bertz CT molecular complexity index is 152. The van der Waals surface area contributed by atoms with Crippen LogP contribution < -0.4 is 5.73 Å². The molecule has 0 saturated heterocycles. The summed E-state index contributed by atoms with van der Waals surface area (Å²) in [5.41, 5.74) is 5.83. The quantitative estimate of drug-likeness (QED) is 0.553. The van der Waals surface area contributed by atoms with Gasteiger partial charge in [0.05, 0.1) is 0 Å². The summed E-state index contributed by atoms with van der Waals surface area (Å²) in [6, 6.07) is 0. The molecule has 0 bridgehead atoms. The molecule has 2 N–H and O–H groups in total. The lowest BCUT2D eigenvalue weighted by atomic mass is 9.73. The van der Waals surface area contributed by atoms with Crippen molar-refractivity contribution in [2.45, 2.75) is 31.2 Å². The van der Waals surface area contributed by atoms with E-state index in [2.05, 4.69) is 0 Å². The third-order valence-corrected chi connectivity index (χ3v) is 2.44. The third-order valence-electron chi connectivity index (χ3n) is 2.44. The number of hydrogen-bond acceptors (Lipinski definition) is 2. The van der Waals surface area contributed by atoms with E-state index in [9.17, 15) is 4.79 Å². The van der Waals surface area contributed by atoms with Gasteiger partial charge in [-0.15, -0.1) is 0 Å². The zero-order chi connectivity index (χ0) is 6.48. The Hall–Kier alpha value is -0.370. The monoisotopic (exact) mass is 125 g/mol. The SMILES string of the molecule is NC1(C2CC2)CC(=O)C1. The molecule has 0 aromatic heterocycles. The molecule has 0 amide bonds. The molecular formula is C7H11NO. The van der Waals surface area contributed by atoms with Gasteiger partial charge in [0.1, 0.15) is 5.78 Å². The number of hydrogen-bond donors (Lipinski definition) is 1. The molecule has 0 aliphatic heterocycles. The predicted molar refractivity (Wildman–Crippen MR) is 33.9 cm³/mol. The number of ketones is 1.